The minimum absolute atomic E-state index is 0.0742. The number of nitrogens with zero attached hydrogens (tertiary/aromatic N) is 1. The lowest BCUT2D eigenvalue weighted by molar-refractivity contribution is -0.126. The van der Waals surface area contributed by atoms with Crippen molar-refractivity contribution in [2.24, 2.45) is 5.92 Å². The van der Waals surface area contributed by atoms with Crippen molar-refractivity contribution < 1.29 is 9.53 Å². The van der Waals surface area contributed by atoms with Gasteiger partial charge in [-0.15, -0.1) is 0 Å². The van der Waals surface area contributed by atoms with Gasteiger partial charge in [0.05, 0.1) is 17.5 Å². The Kier molecular flexibility index (Phi) is 4.93. The number of pyridine rings is 1. The second kappa shape index (κ2) is 7.67. The van der Waals surface area contributed by atoms with Crippen molar-refractivity contribution in [1.82, 2.24) is 10.3 Å². The average molecular weight is 346 g/mol. The molecule has 0 bridgehead atoms. The van der Waals surface area contributed by atoms with Gasteiger partial charge in [0.25, 0.3) is 0 Å². The van der Waals surface area contributed by atoms with Crippen LogP contribution in [0.1, 0.15) is 23.7 Å². The summed E-state index contributed by atoms with van der Waals surface area (Å²) in [5.74, 6) is -0.0442. The Hall–Kier alpha value is -2.72. The van der Waals surface area contributed by atoms with Gasteiger partial charge < -0.3 is 10.1 Å². The van der Waals surface area contributed by atoms with Crippen LogP contribution in [0, 0.1) is 5.92 Å². The van der Waals surface area contributed by atoms with Crippen LogP contribution in [0.3, 0.4) is 0 Å². The van der Waals surface area contributed by atoms with Crippen LogP contribution < -0.4 is 5.32 Å². The molecular weight excluding hydrogens is 324 g/mol. The van der Waals surface area contributed by atoms with Gasteiger partial charge in [-0.1, -0.05) is 48.5 Å². The summed E-state index contributed by atoms with van der Waals surface area (Å²) in [7, 11) is 0. The number of nitrogens with one attached hydrogen (secondary N) is 1. The molecule has 132 valence electrons. The Morgan fingerprint density at radius 3 is 2.81 bits per heavy atom. The van der Waals surface area contributed by atoms with Crippen molar-refractivity contribution in [2.75, 3.05) is 13.2 Å². The molecule has 0 radical (unpaired) electrons. The number of rotatable bonds is 5. The first-order chi connectivity index (χ1) is 12.8. The van der Waals surface area contributed by atoms with E-state index < -0.39 is 0 Å². The number of amides is 1. The third-order valence-electron chi connectivity index (χ3n) is 4.92. The van der Waals surface area contributed by atoms with Gasteiger partial charge in [-0.3, -0.25) is 9.78 Å². The quantitative estimate of drug-likeness (QED) is 0.767. The van der Waals surface area contributed by atoms with Gasteiger partial charge in [0, 0.05) is 24.7 Å². The summed E-state index contributed by atoms with van der Waals surface area (Å²) >= 11 is 0. The zero-order valence-corrected chi connectivity index (χ0v) is 14.6. The Morgan fingerprint density at radius 2 is 1.92 bits per heavy atom. The fourth-order valence-corrected chi connectivity index (χ4v) is 3.54. The van der Waals surface area contributed by atoms with Crippen LogP contribution >= 0.6 is 0 Å². The van der Waals surface area contributed by atoms with Gasteiger partial charge in [0.15, 0.2) is 0 Å². The van der Waals surface area contributed by atoms with Gasteiger partial charge in [-0.05, 0) is 36.1 Å². The molecule has 3 aromatic rings. The molecule has 1 fully saturated rings. The predicted octanol–water partition coefficient (Wildman–Crippen LogP) is 3.67. The lowest BCUT2D eigenvalue weighted by Gasteiger charge is -2.18. The lowest BCUT2D eigenvalue weighted by atomic mass is 9.94. The highest BCUT2D eigenvalue weighted by Gasteiger charge is 2.34. The van der Waals surface area contributed by atoms with Gasteiger partial charge in [0.1, 0.15) is 0 Å². The molecule has 4 heteroatoms. The van der Waals surface area contributed by atoms with Crippen molar-refractivity contribution in [3.63, 3.8) is 0 Å². The van der Waals surface area contributed by atoms with Gasteiger partial charge in [0.2, 0.25) is 5.91 Å². The first-order valence-corrected chi connectivity index (χ1v) is 9.09. The number of hydrogen-bond donors (Lipinski definition) is 1. The van der Waals surface area contributed by atoms with Crippen LogP contribution in [-0.4, -0.2) is 24.0 Å². The minimum atomic E-state index is -0.140. The number of aromatic nitrogens is 1. The number of hydrogen-bond acceptors (Lipinski definition) is 3. The van der Waals surface area contributed by atoms with Crippen molar-refractivity contribution in [2.45, 2.75) is 18.9 Å². The molecular formula is C22H22N2O2. The highest BCUT2D eigenvalue weighted by Crippen LogP contribution is 2.34. The van der Waals surface area contributed by atoms with E-state index in [0.29, 0.717) is 13.2 Å². The Labute approximate surface area is 153 Å². The molecule has 2 aromatic carbocycles. The number of ether oxygens (including phenoxy) is 1. The molecule has 1 aromatic heterocycles. The molecule has 1 aliphatic heterocycles. The van der Waals surface area contributed by atoms with E-state index in [9.17, 15) is 4.79 Å². The maximum Gasteiger partial charge on any atom is 0.226 e. The fourth-order valence-electron chi connectivity index (χ4n) is 3.54. The summed E-state index contributed by atoms with van der Waals surface area (Å²) < 4.78 is 5.81. The first kappa shape index (κ1) is 16.7. The van der Waals surface area contributed by atoms with Crippen LogP contribution in [0.15, 0.2) is 66.9 Å². The van der Waals surface area contributed by atoms with E-state index >= 15 is 0 Å². The van der Waals surface area contributed by atoms with E-state index in [1.54, 1.807) is 0 Å². The molecule has 0 unspecified atom stereocenters. The average Bonchev–Trinajstić information content (AvgIpc) is 3.18. The third-order valence-corrected chi connectivity index (χ3v) is 4.92. The van der Waals surface area contributed by atoms with Crippen LogP contribution in [-0.2, 0) is 16.0 Å². The summed E-state index contributed by atoms with van der Waals surface area (Å²) in [6, 6.07) is 20.2. The van der Waals surface area contributed by atoms with Gasteiger partial charge >= 0.3 is 0 Å². The van der Waals surface area contributed by atoms with Crippen LogP contribution in [0.4, 0.5) is 0 Å². The largest absolute Gasteiger partial charge is 0.373 e. The second-order valence-corrected chi connectivity index (χ2v) is 6.67. The summed E-state index contributed by atoms with van der Waals surface area (Å²) in [4.78, 5) is 17.1. The third kappa shape index (κ3) is 3.60. The molecule has 1 amide bonds. The van der Waals surface area contributed by atoms with Crippen molar-refractivity contribution in [3.05, 3.63) is 78.0 Å². The molecule has 0 saturated carbocycles. The maximum atomic E-state index is 12.6. The van der Waals surface area contributed by atoms with E-state index in [2.05, 4.69) is 22.4 Å². The van der Waals surface area contributed by atoms with Crippen molar-refractivity contribution >= 4 is 16.8 Å². The SMILES string of the molecule is O=C(NCCc1cnc2ccccc2c1)[C@@H]1CCO[C@H]1c1ccccc1. The van der Waals surface area contributed by atoms with Crippen LogP contribution in [0.2, 0.25) is 0 Å². The Morgan fingerprint density at radius 1 is 1.12 bits per heavy atom. The predicted molar refractivity (Wildman–Crippen MR) is 102 cm³/mol. The molecule has 1 aliphatic rings. The van der Waals surface area contributed by atoms with Gasteiger partial charge in [-0.2, -0.15) is 0 Å². The maximum absolute atomic E-state index is 12.6. The first-order valence-electron chi connectivity index (χ1n) is 9.09. The lowest BCUT2D eigenvalue weighted by Crippen LogP contribution is -2.33. The zero-order chi connectivity index (χ0) is 17.8. The number of carbonyl (C=O) groups is 1. The summed E-state index contributed by atoms with van der Waals surface area (Å²) in [6.07, 6.45) is 3.29. The van der Waals surface area contributed by atoms with Crippen LogP contribution in [0.25, 0.3) is 10.9 Å². The van der Waals surface area contributed by atoms with E-state index in [4.69, 9.17) is 4.74 Å². The number of carbonyl (C=O) groups excluding carboxylic acids is 1. The zero-order valence-electron chi connectivity index (χ0n) is 14.6. The molecule has 4 rings (SSSR count). The molecule has 4 nitrogen and oxygen atoms in total. The molecule has 1 saturated heterocycles. The van der Waals surface area contributed by atoms with Gasteiger partial charge in [-0.25, -0.2) is 0 Å². The van der Waals surface area contributed by atoms with Crippen molar-refractivity contribution in [3.8, 4) is 0 Å². The van der Waals surface area contributed by atoms with Crippen molar-refractivity contribution in [1.29, 1.82) is 0 Å². The minimum Gasteiger partial charge on any atom is -0.373 e. The Balaban J connectivity index is 1.35. The standard InChI is InChI=1S/C22H22N2O2/c25-22(19-11-13-26-21(19)17-6-2-1-3-7-17)23-12-10-16-14-18-8-4-5-9-20(18)24-15-16/h1-9,14-15,19,21H,10-13H2,(H,23,25)/t19-,21+/m1/s1. The highest BCUT2D eigenvalue weighted by molar-refractivity contribution is 5.80. The number of fused-ring (bicyclic) bond motifs is 1. The summed E-state index contributed by atoms with van der Waals surface area (Å²) in [6.45, 7) is 1.24. The highest BCUT2D eigenvalue weighted by atomic mass is 16.5. The van der Waals surface area contributed by atoms with E-state index in [0.717, 1.165) is 34.9 Å². The topological polar surface area (TPSA) is 51.2 Å². The smallest absolute Gasteiger partial charge is 0.226 e. The van der Waals surface area contributed by atoms with E-state index in [1.807, 2.05) is 54.7 Å². The monoisotopic (exact) mass is 346 g/mol. The number of para-hydroxylation sites is 1. The van der Waals surface area contributed by atoms with E-state index in [-0.39, 0.29) is 17.9 Å². The molecule has 1 N–H and O–H groups in total. The van der Waals surface area contributed by atoms with Crippen LogP contribution in [0.5, 0.6) is 0 Å². The molecule has 0 aliphatic carbocycles. The fraction of sp³-hybridized carbons (Fsp3) is 0.273. The summed E-state index contributed by atoms with van der Waals surface area (Å²) in [5.41, 5.74) is 3.20. The number of benzene rings is 2. The summed E-state index contributed by atoms with van der Waals surface area (Å²) in [5, 5.41) is 4.20. The second-order valence-electron chi connectivity index (χ2n) is 6.67. The Bertz CT molecular complexity index is 895. The molecule has 2 atom stereocenters. The molecule has 2 heterocycles. The molecule has 0 spiro atoms. The normalized spacial score (nSPS) is 19.5. The van der Waals surface area contributed by atoms with E-state index in [1.165, 1.54) is 0 Å². The molecule has 26 heavy (non-hydrogen) atoms.